The van der Waals surface area contributed by atoms with E-state index in [1.54, 1.807) is 10.9 Å². The van der Waals surface area contributed by atoms with Crippen LogP contribution in [0, 0.1) is 0 Å². The summed E-state index contributed by atoms with van der Waals surface area (Å²) in [4.78, 5) is 4.35. The third kappa shape index (κ3) is 2.97. The molecule has 7 heteroatoms. The van der Waals surface area contributed by atoms with Crippen LogP contribution in [0.25, 0.3) is 11.5 Å². The van der Waals surface area contributed by atoms with Gasteiger partial charge in [-0.1, -0.05) is 28.6 Å². The van der Waals surface area contributed by atoms with Gasteiger partial charge in [0.1, 0.15) is 12.2 Å². The number of nitrogens with two attached hydrogens (primary N) is 1. The molecule has 0 aliphatic rings. The maximum Gasteiger partial charge on any atom is 0.257 e. The first-order valence-electron chi connectivity index (χ1n) is 6.60. The van der Waals surface area contributed by atoms with E-state index in [9.17, 15) is 0 Å². The Labute approximate surface area is 121 Å². The van der Waals surface area contributed by atoms with Gasteiger partial charge in [0.05, 0.1) is 11.7 Å². The van der Waals surface area contributed by atoms with Crippen LogP contribution >= 0.6 is 0 Å². The van der Waals surface area contributed by atoms with Gasteiger partial charge in [0.25, 0.3) is 5.89 Å². The molecule has 0 unspecified atom stereocenters. The summed E-state index contributed by atoms with van der Waals surface area (Å²) in [6, 6.07) is 9.62. The molecule has 7 nitrogen and oxygen atoms in total. The summed E-state index contributed by atoms with van der Waals surface area (Å²) >= 11 is 0. The van der Waals surface area contributed by atoms with Gasteiger partial charge in [0.2, 0.25) is 0 Å². The Morgan fingerprint density at radius 1 is 1.24 bits per heavy atom. The van der Waals surface area contributed by atoms with E-state index < -0.39 is 5.54 Å². The van der Waals surface area contributed by atoms with Crippen molar-refractivity contribution in [3.63, 3.8) is 0 Å². The van der Waals surface area contributed by atoms with E-state index in [0.717, 1.165) is 5.56 Å². The number of benzene rings is 1. The van der Waals surface area contributed by atoms with Gasteiger partial charge >= 0.3 is 0 Å². The van der Waals surface area contributed by atoms with Crippen LogP contribution in [0.2, 0.25) is 0 Å². The number of hydrogen-bond donors (Lipinski definition) is 1. The minimum atomic E-state index is -0.523. The molecule has 21 heavy (non-hydrogen) atoms. The Bertz CT molecular complexity index is 725. The van der Waals surface area contributed by atoms with Crippen LogP contribution in [-0.2, 0) is 12.1 Å². The molecular weight excluding hydrogens is 268 g/mol. The molecule has 2 heterocycles. The van der Waals surface area contributed by atoms with Crippen LogP contribution in [0.5, 0.6) is 0 Å². The first-order valence-corrected chi connectivity index (χ1v) is 6.60. The molecule has 0 saturated carbocycles. The molecule has 0 aliphatic carbocycles. The average Bonchev–Trinajstić information content (AvgIpc) is 3.09. The molecule has 1 aromatic carbocycles. The molecule has 0 amide bonds. The van der Waals surface area contributed by atoms with E-state index in [1.807, 2.05) is 44.2 Å². The molecule has 0 saturated heterocycles. The summed E-state index contributed by atoms with van der Waals surface area (Å²) in [6.07, 6.45) is 1.79. The van der Waals surface area contributed by atoms with Crippen molar-refractivity contribution in [1.82, 2.24) is 25.1 Å². The highest BCUT2D eigenvalue weighted by atomic mass is 16.5. The van der Waals surface area contributed by atoms with Crippen molar-refractivity contribution in [2.75, 3.05) is 0 Å². The van der Waals surface area contributed by atoms with E-state index in [0.29, 0.717) is 24.0 Å². The van der Waals surface area contributed by atoms with Crippen molar-refractivity contribution in [2.24, 2.45) is 5.73 Å². The molecule has 2 N–H and O–H groups in total. The minimum Gasteiger partial charge on any atom is -0.334 e. The SMILES string of the molecule is CC(C)(N)c1cn(Cc2noc(-c3ccccc3)n2)nn1. The monoisotopic (exact) mass is 284 g/mol. The van der Waals surface area contributed by atoms with E-state index in [2.05, 4.69) is 20.5 Å². The zero-order valence-corrected chi connectivity index (χ0v) is 11.9. The van der Waals surface area contributed by atoms with Crippen molar-refractivity contribution in [3.8, 4) is 11.5 Å². The fourth-order valence-electron chi connectivity index (χ4n) is 1.83. The van der Waals surface area contributed by atoms with Gasteiger partial charge in [0.15, 0.2) is 5.82 Å². The Morgan fingerprint density at radius 2 is 2.00 bits per heavy atom. The largest absolute Gasteiger partial charge is 0.334 e. The fraction of sp³-hybridized carbons (Fsp3) is 0.286. The molecular formula is C14H16N6O. The summed E-state index contributed by atoms with van der Waals surface area (Å²) in [5.41, 5.74) is 7.06. The predicted octanol–water partition coefficient (Wildman–Crippen LogP) is 1.57. The maximum atomic E-state index is 5.98. The van der Waals surface area contributed by atoms with Crippen LogP contribution in [0.15, 0.2) is 41.1 Å². The second-order valence-corrected chi connectivity index (χ2v) is 5.40. The van der Waals surface area contributed by atoms with Crippen molar-refractivity contribution < 1.29 is 4.52 Å². The summed E-state index contributed by atoms with van der Waals surface area (Å²) in [5.74, 6) is 1.03. The van der Waals surface area contributed by atoms with Crippen LogP contribution in [0.4, 0.5) is 0 Å². The van der Waals surface area contributed by atoms with E-state index in [4.69, 9.17) is 10.3 Å². The average molecular weight is 284 g/mol. The van der Waals surface area contributed by atoms with Crippen molar-refractivity contribution in [3.05, 3.63) is 48.0 Å². The van der Waals surface area contributed by atoms with Gasteiger partial charge in [0, 0.05) is 5.56 Å². The highest BCUT2D eigenvalue weighted by Gasteiger charge is 2.19. The maximum absolute atomic E-state index is 5.98. The summed E-state index contributed by atoms with van der Waals surface area (Å²) in [6.45, 7) is 4.14. The normalized spacial score (nSPS) is 11.8. The third-order valence-electron chi connectivity index (χ3n) is 2.99. The molecule has 0 aliphatic heterocycles. The van der Waals surface area contributed by atoms with Gasteiger partial charge in [-0.2, -0.15) is 4.98 Å². The molecule has 2 aromatic heterocycles. The molecule has 108 valence electrons. The highest BCUT2D eigenvalue weighted by molar-refractivity contribution is 5.51. The first kappa shape index (κ1) is 13.4. The molecule has 0 atom stereocenters. The second kappa shape index (κ2) is 5.10. The Kier molecular flexibility index (Phi) is 3.26. The van der Waals surface area contributed by atoms with Crippen LogP contribution in [0.1, 0.15) is 25.4 Å². The molecule has 0 radical (unpaired) electrons. The molecule has 0 fully saturated rings. The van der Waals surface area contributed by atoms with Gasteiger partial charge in [-0.15, -0.1) is 5.10 Å². The summed E-state index contributed by atoms with van der Waals surface area (Å²) in [5, 5.41) is 12.0. The van der Waals surface area contributed by atoms with Crippen molar-refractivity contribution in [1.29, 1.82) is 0 Å². The molecule has 0 bridgehead atoms. The van der Waals surface area contributed by atoms with Crippen LogP contribution in [0.3, 0.4) is 0 Å². The van der Waals surface area contributed by atoms with Crippen molar-refractivity contribution >= 4 is 0 Å². The van der Waals surface area contributed by atoms with Gasteiger partial charge in [-0.3, -0.25) is 0 Å². The van der Waals surface area contributed by atoms with Crippen LogP contribution < -0.4 is 5.73 Å². The van der Waals surface area contributed by atoms with Crippen molar-refractivity contribution in [2.45, 2.75) is 25.9 Å². The minimum absolute atomic E-state index is 0.388. The lowest BCUT2D eigenvalue weighted by Crippen LogP contribution is -2.29. The smallest absolute Gasteiger partial charge is 0.257 e. The second-order valence-electron chi connectivity index (χ2n) is 5.40. The standard InChI is InChI=1S/C14H16N6O/c1-14(2,15)11-8-20(19-17-11)9-12-16-13(21-18-12)10-6-4-3-5-7-10/h3-8H,9,15H2,1-2H3. The lowest BCUT2D eigenvalue weighted by Gasteiger charge is -2.13. The van der Waals surface area contributed by atoms with E-state index in [-0.39, 0.29) is 0 Å². The summed E-state index contributed by atoms with van der Waals surface area (Å²) in [7, 11) is 0. The molecule has 3 rings (SSSR count). The quantitative estimate of drug-likeness (QED) is 0.781. The van der Waals surface area contributed by atoms with Crippen LogP contribution in [-0.4, -0.2) is 25.1 Å². The van der Waals surface area contributed by atoms with Gasteiger partial charge in [-0.05, 0) is 26.0 Å². The zero-order valence-electron chi connectivity index (χ0n) is 11.9. The number of aromatic nitrogens is 5. The number of nitrogens with zero attached hydrogens (tertiary/aromatic N) is 5. The summed E-state index contributed by atoms with van der Waals surface area (Å²) < 4.78 is 6.89. The molecule has 3 aromatic rings. The fourth-order valence-corrected chi connectivity index (χ4v) is 1.83. The lowest BCUT2D eigenvalue weighted by atomic mass is 10.0. The Balaban J connectivity index is 1.77. The number of hydrogen-bond acceptors (Lipinski definition) is 6. The predicted molar refractivity (Wildman–Crippen MR) is 76.1 cm³/mol. The first-order chi connectivity index (χ1) is 10.0. The number of rotatable bonds is 4. The van der Waals surface area contributed by atoms with Gasteiger partial charge in [-0.25, -0.2) is 4.68 Å². The Morgan fingerprint density at radius 3 is 2.67 bits per heavy atom. The van der Waals surface area contributed by atoms with E-state index in [1.165, 1.54) is 0 Å². The van der Waals surface area contributed by atoms with E-state index >= 15 is 0 Å². The molecule has 0 spiro atoms. The van der Waals surface area contributed by atoms with Gasteiger partial charge < -0.3 is 10.3 Å². The third-order valence-corrected chi connectivity index (χ3v) is 2.99. The highest BCUT2D eigenvalue weighted by Crippen LogP contribution is 2.17. The lowest BCUT2D eigenvalue weighted by molar-refractivity contribution is 0.418. The zero-order chi connectivity index (χ0) is 14.9. The Hall–Kier alpha value is -2.54. The topological polar surface area (TPSA) is 95.7 Å².